The topological polar surface area (TPSA) is 57.8 Å². The fraction of sp³-hybridized carbons (Fsp3) is 0.333. The molecule has 0 spiro atoms. The third-order valence-electron chi connectivity index (χ3n) is 3.60. The van der Waals surface area contributed by atoms with Crippen molar-refractivity contribution in [1.29, 1.82) is 5.26 Å². The van der Waals surface area contributed by atoms with Crippen LogP contribution in [0.1, 0.15) is 41.9 Å². The van der Waals surface area contributed by atoms with Crippen molar-refractivity contribution >= 4 is 5.91 Å². The zero-order valence-electron chi connectivity index (χ0n) is 13.3. The van der Waals surface area contributed by atoms with Crippen molar-refractivity contribution in [3.8, 4) is 11.8 Å². The van der Waals surface area contributed by atoms with Crippen molar-refractivity contribution in [3.63, 3.8) is 0 Å². The van der Waals surface area contributed by atoms with E-state index in [4.69, 9.17) is 0 Å². The molecule has 0 saturated carbocycles. The van der Waals surface area contributed by atoms with E-state index < -0.39 is 0 Å². The Balaban J connectivity index is 2.34. The number of amides is 1. The number of hydrogen-bond donors (Lipinski definition) is 1. The van der Waals surface area contributed by atoms with Gasteiger partial charge in [0.25, 0.3) is 5.91 Å². The maximum atomic E-state index is 12.5. The van der Waals surface area contributed by atoms with Gasteiger partial charge in [0.15, 0.2) is 0 Å². The van der Waals surface area contributed by atoms with Gasteiger partial charge < -0.3 is 9.88 Å². The van der Waals surface area contributed by atoms with Gasteiger partial charge in [0.05, 0.1) is 5.56 Å². The van der Waals surface area contributed by atoms with Crippen molar-refractivity contribution in [2.24, 2.45) is 5.92 Å². The van der Waals surface area contributed by atoms with Gasteiger partial charge in [-0.15, -0.1) is 0 Å². The van der Waals surface area contributed by atoms with Gasteiger partial charge in [-0.25, -0.2) is 0 Å². The van der Waals surface area contributed by atoms with Crippen LogP contribution in [-0.2, 0) is 0 Å². The Bertz CT molecular complexity index is 707. The molecular weight excluding hydrogens is 274 g/mol. The Morgan fingerprint density at radius 1 is 1.32 bits per heavy atom. The molecule has 2 rings (SSSR count). The van der Waals surface area contributed by atoms with Crippen LogP contribution in [0, 0.1) is 24.2 Å². The minimum atomic E-state index is -0.203. The fourth-order valence-corrected chi connectivity index (χ4v) is 2.35. The number of rotatable bonds is 5. The first-order valence-corrected chi connectivity index (χ1v) is 7.50. The molecule has 1 aromatic carbocycles. The summed E-state index contributed by atoms with van der Waals surface area (Å²) in [5, 5.41) is 12.2. The van der Waals surface area contributed by atoms with Gasteiger partial charge in [0, 0.05) is 18.4 Å². The lowest BCUT2D eigenvalue weighted by molar-refractivity contribution is 0.0945. The number of nitriles is 1. The molecule has 1 N–H and O–H groups in total. The lowest BCUT2D eigenvalue weighted by atomic mass is 10.1. The smallest absolute Gasteiger partial charge is 0.269 e. The van der Waals surface area contributed by atoms with Crippen molar-refractivity contribution in [3.05, 3.63) is 53.3 Å². The highest BCUT2D eigenvalue weighted by Gasteiger charge is 2.18. The number of carbonyl (C=O) groups excluding carboxylic acids is 1. The maximum Gasteiger partial charge on any atom is 0.269 e. The van der Waals surface area contributed by atoms with Crippen LogP contribution in [0.2, 0.25) is 0 Å². The highest BCUT2D eigenvalue weighted by molar-refractivity contribution is 5.96. The van der Waals surface area contributed by atoms with Gasteiger partial charge in [-0.05, 0) is 37.0 Å². The highest BCUT2D eigenvalue weighted by atomic mass is 16.1. The summed E-state index contributed by atoms with van der Waals surface area (Å²) in [4.78, 5) is 12.5. The van der Waals surface area contributed by atoms with Crippen molar-refractivity contribution in [2.45, 2.75) is 27.2 Å². The summed E-state index contributed by atoms with van der Waals surface area (Å²) in [5.74, 6) is 0.323. The minimum absolute atomic E-state index is 0.203. The lowest BCUT2D eigenvalue weighted by Crippen LogP contribution is -2.28. The molecule has 0 aliphatic heterocycles. The molecule has 114 valence electrons. The first-order chi connectivity index (χ1) is 10.5. The van der Waals surface area contributed by atoms with Crippen LogP contribution < -0.4 is 5.32 Å². The van der Waals surface area contributed by atoms with E-state index in [1.807, 2.05) is 31.2 Å². The second-order valence-corrected chi connectivity index (χ2v) is 5.78. The average Bonchev–Trinajstić information content (AvgIpc) is 2.91. The van der Waals surface area contributed by atoms with Gasteiger partial charge in [-0.2, -0.15) is 5.26 Å². The molecule has 4 nitrogen and oxygen atoms in total. The van der Waals surface area contributed by atoms with Crippen LogP contribution in [0.25, 0.3) is 5.69 Å². The summed E-state index contributed by atoms with van der Waals surface area (Å²) in [6.07, 6.45) is 2.69. The third-order valence-corrected chi connectivity index (χ3v) is 3.60. The Kier molecular flexibility index (Phi) is 5.00. The number of hydrogen-bond acceptors (Lipinski definition) is 2. The van der Waals surface area contributed by atoms with Crippen molar-refractivity contribution < 1.29 is 4.79 Å². The van der Waals surface area contributed by atoms with E-state index in [2.05, 4.69) is 25.2 Å². The normalized spacial score (nSPS) is 10.5. The van der Waals surface area contributed by atoms with Crippen molar-refractivity contribution in [2.75, 3.05) is 6.54 Å². The van der Waals surface area contributed by atoms with Crippen LogP contribution in [0.5, 0.6) is 0 Å². The van der Waals surface area contributed by atoms with E-state index in [-0.39, 0.29) is 5.91 Å². The molecule has 0 bridgehead atoms. The maximum absolute atomic E-state index is 12.5. The highest BCUT2D eigenvalue weighted by Crippen LogP contribution is 2.20. The minimum Gasteiger partial charge on any atom is -0.351 e. The van der Waals surface area contributed by atoms with Crippen LogP contribution >= 0.6 is 0 Å². The second-order valence-electron chi connectivity index (χ2n) is 5.78. The molecule has 0 aliphatic rings. The predicted octanol–water partition coefficient (Wildman–Crippen LogP) is 3.43. The van der Waals surface area contributed by atoms with Gasteiger partial charge in [0.2, 0.25) is 0 Å². The molecule has 1 amide bonds. The zero-order chi connectivity index (χ0) is 16.1. The number of nitrogens with zero attached hydrogens (tertiary/aromatic N) is 2. The van der Waals surface area contributed by atoms with E-state index in [1.54, 1.807) is 16.8 Å². The summed E-state index contributed by atoms with van der Waals surface area (Å²) in [6.45, 7) is 6.83. The van der Waals surface area contributed by atoms with Crippen LogP contribution in [0.3, 0.4) is 0 Å². The first kappa shape index (κ1) is 15.8. The summed E-state index contributed by atoms with van der Waals surface area (Å²) in [7, 11) is 0. The standard InChI is InChI=1S/C18H21N3O/c1-13(2)8-10-20-18(22)17-15(12-19)9-11-21(17)16-7-5-4-6-14(16)3/h4-7,9,11,13H,8,10H2,1-3H3,(H,20,22). The summed E-state index contributed by atoms with van der Waals surface area (Å²) < 4.78 is 1.79. The predicted molar refractivity (Wildman–Crippen MR) is 87.0 cm³/mol. The number of para-hydroxylation sites is 1. The first-order valence-electron chi connectivity index (χ1n) is 7.50. The summed E-state index contributed by atoms with van der Waals surface area (Å²) in [5.41, 5.74) is 2.77. The van der Waals surface area contributed by atoms with Gasteiger partial charge in [0.1, 0.15) is 11.8 Å². The number of aromatic nitrogens is 1. The van der Waals surface area contributed by atoms with Crippen LogP contribution in [0.4, 0.5) is 0 Å². The summed E-state index contributed by atoms with van der Waals surface area (Å²) in [6, 6.07) is 11.6. The SMILES string of the molecule is Cc1ccccc1-n1ccc(C#N)c1C(=O)NCCC(C)C. The fourth-order valence-electron chi connectivity index (χ4n) is 2.35. The Hall–Kier alpha value is -2.54. The Morgan fingerprint density at radius 3 is 2.68 bits per heavy atom. The van der Waals surface area contributed by atoms with Gasteiger partial charge in [-0.3, -0.25) is 4.79 Å². The molecule has 0 saturated heterocycles. The van der Waals surface area contributed by atoms with Crippen molar-refractivity contribution in [1.82, 2.24) is 9.88 Å². The third kappa shape index (κ3) is 3.37. The zero-order valence-corrected chi connectivity index (χ0v) is 13.3. The molecule has 2 aromatic rings. The Morgan fingerprint density at radius 2 is 2.05 bits per heavy atom. The number of benzene rings is 1. The molecule has 0 atom stereocenters. The molecule has 0 fully saturated rings. The molecule has 1 heterocycles. The molecule has 0 unspecified atom stereocenters. The summed E-state index contributed by atoms with van der Waals surface area (Å²) >= 11 is 0. The molecule has 4 heteroatoms. The van der Waals surface area contributed by atoms with Gasteiger partial charge in [-0.1, -0.05) is 32.0 Å². The molecule has 22 heavy (non-hydrogen) atoms. The van der Waals surface area contributed by atoms with E-state index in [0.717, 1.165) is 17.7 Å². The van der Waals surface area contributed by atoms with E-state index in [9.17, 15) is 10.1 Å². The molecule has 1 aromatic heterocycles. The Labute approximate surface area is 131 Å². The number of nitrogens with one attached hydrogen (secondary N) is 1. The average molecular weight is 295 g/mol. The quantitative estimate of drug-likeness (QED) is 0.918. The molecule has 0 radical (unpaired) electrons. The van der Waals surface area contributed by atoms with Gasteiger partial charge >= 0.3 is 0 Å². The van der Waals surface area contributed by atoms with E-state index >= 15 is 0 Å². The van der Waals surface area contributed by atoms with E-state index in [1.165, 1.54) is 0 Å². The molecular formula is C18H21N3O. The lowest BCUT2D eigenvalue weighted by Gasteiger charge is -2.13. The number of carbonyl (C=O) groups is 1. The largest absolute Gasteiger partial charge is 0.351 e. The van der Waals surface area contributed by atoms with Crippen LogP contribution in [0.15, 0.2) is 36.5 Å². The molecule has 0 aliphatic carbocycles. The second kappa shape index (κ2) is 6.95. The van der Waals surface area contributed by atoms with E-state index in [0.29, 0.717) is 23.7 Å². The monoisotopic (exact) mass is 295 g/mol. The number of aryl methyl sites for hydroxylation is 1. The van der Waals surface area contributed by atoms with Crippen LogP contribution in [-0.4, -0.2) is 17.0 Å².